The van der Waals surface area contributed by atoms with Gasteiger partial charge in [0.2, 0.25) is 0 Å². The highest BCUT2D eigenvalue weighted by Gasteiger charge is 2.19. The SMILES string of the molecule is c1ccc(CCOCCNC2CC2)nc1. The maximum Gasteiger partial charge on any atom is 0.0591 e. The summed E-state index contributed by atoms with van der Waals surface area (Å²) < 4.78 is 5.51. The van der Waals surface area contributed by atoms with Gasteiger partial charge in [-0.1, -0.05) is 6.07 Å². The first-order valence-corrected chi connectivity index (χ1v) is 5.66. The zero-order valence-electron chi connectivity index (χ0n) is 8.98. The summed E-state index contributed by atoms with van der Waals surface area (Å²) in [5.74, 6) is 0. The van der Waals surface area contributed by atoms with Crippen LogP contribution < -0.4 is 5.32 Å². The zero-order chi connectivity index (χ0) is 10.3. The molecule has 1 N–H and O–H groups in total. The normalized spacial score (nSPS) is 15.5. The van der Waals surface area contributed by atoms with Crippen molar-refractivity contribution in [1.82, 2.24) is 10.3 Å². The molecule has 0 radical (unpaired) electrons. The molecular weight excluding hydrogens is 188 g/mol. The van der Waals surface area contributed by atoms with E-state index in [0.29, 0.717) is 0 Å². The summed E-state index contributed by atoms with van der Waals surface area (Å²) >= 11 is 0. The summed E-state index contributed by atoms with van der Waals surface area (Å²) in [7, 11) is 0. The molecule has 1 heterocycles. The van der Waals surface area contributed by atoms with Crippen molar-refractivity contribution in [3.63, 3.8) is 0 Å². The van der Waals surface area contributed by atoms with E-state index in [0.717, 1.165) is 37.9 Å². The van der Waals surface area contributed by atoms with Crippen LogP contribution in [0.25, 0.3) is 0 Å². The summed E-state index contributed by atoms with van der Waals surface area (Å²) in [6.07, 6.45) is 5.41. The molecule has 0 aromatic carbocycles. The molecule has 3 heteroatoms. The topological polar surface area (TPSA) is 34.1 Å². The molecule has 1 aliphatic carbocycles. The van der Waals surface area contributed by atoms with Crippen LogP contribution in [0.1, 0.15) is 18.5 Å². The predicted molar refractivity (Wildman–Crippen MR) is 59.8 cm³/mol. The maximum atomic E-state index is 5.51. The molecule has 0 atom stereocenters. The number of hydrogen-bond acceptors (Lipinski definition) is 3. The van der Waals surface area contributed by atoms with Crippen LogP contribution in [0.5, 0.6) is 0 Å². The summed E-state index contributed by atoms with van der Waals surface area (Å²) in [5.41, 5.74) is 1.10. The van der Waals surface area contributed by atoms with Crippen molar-refractivity contribution in [3.8, 4) is 0 Å². The number of nitrogens with zero attached hydrogens (tertiary/aromatic N) is 1. The van der Waals surface area contributed by atoms with E-state index in [2.05, 4.69) is 10.3 Å². The monoisotopic (exact) mass is 206 g/mol. The molecule has 0 saturated heterocycles. The average molecular weight is 206 g/mol. The molecule has 1 saturated carbocycles. The summed E-state index contributed by atoms with van der Waals surface area (Å²) in [5, 5.41) is 3.41. The van der Waals surface area contributed by atoms with Gasteiger partial charge < -0.3 is 10.1 Å². The van der Waals surface area contributed by atoms with Crippen LogP contribution in [0.2, 0.25) is 0 Å². The number of hydrogen-bond donors (Lipinski definition) is 1. The first kappa shape index (κ1) is 10.6. The smallest absolute Gasteiger partial charge is 0.0591 e. The minimum atomic E-state index is 0.767. The Morgan fingerprint density at radius 2 is 2.27 bits per heavy atom. The van der Waals surface area contributed by atoms with E-state index < -0.39 is 0 Å². The van der Waals surface area contributed by atoms with Crippen LogP contribution in [0.3, 0.4) is 0 Å². The highest BCUT2D eigenvalue weighted by atomic mass is 16.5. The van der Waals surface area contributed by atoms with Gasteiger partial charge in [-0.05, 0) is 25.0 Å². The van der Waals surface area contributed by atoms with Crippen LogP contribution in [-0.2, 0) is 11.2 Å². The third kappa shape index (κ3) is 4.40. The first-order chi connectivity index (χ1) is 7.45. The van der Waals surface area contributed by atoms with Gasteiger partial charge in [-0.25, -0.2) is 0 Å². The predicted octanol–water partition coefficient (Wildman–Crippen LogP) is 1.39. The summed E-state index contributed by atoms with van der Waals surface area (Å²) in [4.78, 5) is 4.24. The quantitative estimate of drug-likeness (QED) is 0.685. The lowest BCUT2D eigenvalue weighted by atomic mass is 10.3. The Morgan fingerprint density at radius 3 is 3.00 bits per heavy atom. The van der Waals surface area contributed by atoms with Gasteiger partial charge in [-0.15, -0.1) is 0 Å². The third-order valence-electron chi connectivity index (χ3n) is 2.49. The fourth-order valence-corrected chi connectivity index (χ4v) is 1.45. The minimum absolute atomic E-state index is 0.767. The van der Waals surface area contributed by atoms with Crippen molar-refractivity contribution in [3.05, 3.63) is 30.1 Å². The Bertz CT molecular complexity index is 272. The van der Waals surface area contributed by atoms with E-state index in [9.17, 15) is 0 Å². The van der Waals surface area contributed by atoms with Crippen molar-refractivity contribution in [2.75, 3.05) is 19.8 Å². The molecular formula is C12H18N2O. The second-order valence-electron chi connectivity index (χ2n) is 3.91. The summed E-state index contributed by atoms with van der Waals surface area (Å²) in [6.45, 7) is 2.56. The maximum absolute atomic E-state index is 5.51. The lowest BCUT2D eigenvalue weighted by molar-refractivity contribution is 0.138. The molecule has 0 bridgehead atoms. The van der Waals surface area contributed by atoms with Gasteiger partial charge in [-0.3, -0.25) is 4.98 Å². The van der Waals surface area contributed by atoms with E-state index in [1.54, 1.807) is 0 Å². The van der Waals surface area contributed by atoms with E-state index in [1.165, 1.54) is 12.8 Å². The molecule has 1 fully saturated rings. The average Bonchev–Trinajstić information content (AvgIpc) is 3.09. The molecule has 0 amide bonds. The highest BCUT2D eigenvalue weighted by molar-refractivity contribution is 5.03. The van der Waals surface area contributed by atoms with E-state index in [1.807, 2.05) is 24.4 Å². The van der Waals surface area contributed by atoms with E-state index >= 15 is 0 Å². The van der Waals surface area contributed by atoms with Crippen LogP contribution in [0.4, 0.5) is 0 Å². The lowest BCUT2D eigenvalue weighted by Crippen LogP contribution is -2.22. The molecule has 1 aliphatic rings. The van der Waals surface area contributed by atoms with Gasteiger partial charge in [0.25, 0.3) is 0 Å². The Morgan fingerprint density at radius 1 is 1.33 bits per heavy atom. The van der Waals surface area contributed by atoms with Crippen molar-refractivity contribution in [2.24, 2.45) is 0 Å². The molecule has 0 spiro atoms. The number of ether oxygens (including phenoxy) is 1. The molecule has 2 rings (SSSR count). The molecule has 1 aromatic rings. The van der Waals surface area contributed by atoms with Gasteiger partial charge in [-0.2, -0.15) is 0 Å². The van der Waals surface area contributed by atoms with Crippen molar-refractivity contribution < 1.29 is 4.74 Å². The van der Waals surface area contributed by atoms with Crippen LogP contribution in [0.15, 0.2) is 24.4 Å². The number of rotatable bonds is 7. The highest BCUT2D eigenvalue weighted by Crippen LogP contribution is 2.17. The second-order valence-corrected chi connectivity index (χ2v) is 3.91. The molecule has 1 aromatic heterocycles. The van der Waals surface area contributed by atoms with Crippen LogP contribution >= 0.6 is 0 Å². The van der Waals surface area contributed by atoms with Crippen molar-refractivity contribution in [2.45, 2.75) is 25.3 Å². The standard InChI is InChI=1S/C12H18N2O/c1-2-7-13-11(3-1)6-9-15-10-8-14-12-4-5-12/h1-3,7,12,14H,4-6,8-10H2. The van der Waals surface area contributed by atoms with Gasteiger partial charge in [0.05, 0.1) is 13.2 Å². The largest absolute Gasteiger partial charge is 0.380 e. The fourth-order valence-electron chi connectivity index (χ4n) is 1.45. The fraction of sp³-hybridized carbons (Fsp3) is 0.583. The third-order valence-corrected chi connectivity index (χ3v) is 2.49. The zero-order valence-corrected chi connectivity index (χ0v) is 8.98. The molecule has 0 unspecified atom stereocenters. The Labute approximate surface area is 90.9 Å². The Hall–Kier alpha value is -0.930. The Balaban J connectivity index is 1.47. The second kappa shape index (κ2) is 5.83. The van der Waals surface area contributed by atoms with Gasteiger partial charge in [0.1, 0.15) is 0 Å². The van der Waals surface area contributed by atoms with E-state index in [4.69, 9.17) is 4.74 Å². The van der Waals surface area contributed by atoms with Crippen molar-refractivity contribution >= 4 is 0 Å². The first-order valence-electron chi connectivity index (χ1n) is 5.66. The molecule has 0 aliphatic heterocycles. The summed E-state index contributed by atoms with van der Waals surface area (Å²) in [6, 6.07) is 6.76. The lowest BCUT2D eigenvalue weighted by Gasteiger charge is -2.04. The van der Waals surface area contributed by atoms with Gasteiger partial charge >= 0.3 is 0 Å². The van der Waals surface area contributed by atoms with Gasteiger partial charge in [0, 0.05) is 30.9 Å². The Kier molecular flexibility index (Phi) is 4.11. The molecule has 82 valence electrons. The molecule has 15 heavy (non-hydrogen) atoms. The van der Waals surface area contributed by atoms with Crippen molar-refractivity contribution in [1.29, 1.82) is 0 Å². The van der Waals surface area contributed by atoms with E-state index in [-0.39, 0.29) is 0 Å². The molecule has 3 nitrogen and oxygen atoms in total. The number of nitrogens with one attached hydrogen (secondary N) is 1. The van der Waals surface area contributed by atoms with Crippen LogP contribution in [0, 0.1) is 0 Å². The number of pyridine rings is 1. The minimum Gasteiger partial charge on any atom is -0.380 e. The van der Waals surface area contributed by atoms with Crippen LogP contribution in [-0.4, -0.2) is 30.8 Å². The number of aromatic nitrogens is 1. The van der Waals surface area contributed by atoms with Gasteiger partial charge in [0.15, 0.2) is 0 Å².